The average Bonchev–Trinajstić information content (AvgIpc) is 2.99. The van der Waals surface area contributed by atoms with Gasteiger partial charge in [0, 0.05) is 46.2 Å². The van der Waals surface area contributed by atoms with Gasteiger partial charge in [-0.25, -0.2) is 0 Å². The lowest BCUT2D eigenvalue weighted by atomic mass is 9.88. The highest BCUT2D eigenvalue weighted by atomic mass is 79.9. The van der Waals surface area contributed by atoms with E-state index < -0.39 is 0 Å². The molecule has 3 heterocycles. The van der Waals surface area contributed by atoms with Crippen molar-refractivity contribution in [3.05, 3.63) is 97.0 Å². The van der Waals surface area contributed by atoms with Gasteiger partial charge in [0.15, 0.2) is 0 Å². The number of rotatable bonds is 2. The highest BCUT2D eigenvalue weighted by molar-refractivity contribution is 9.10. The molecule has 0 spiro atoms. The molecular formula is C27H25Br2N3O. The number of aromatic nitrogens is 2. The summed E-state index contributed by atoms with van der Waals surface area (Å²) in [6.07, 6.45) is 9.52. The SMILES string of the molecule is Cc1ccc2c(c1Br)CCc1cc(Br)cnc1C2=C1CCN(C(=O)Cc2ccncc2)CC1. The van der Waals surface area contributed by atoms with E-state index in [1.165, 1.54) is 37.9 Å². The Balaban J connectivity index is 1.49. The van der Waals surface area contributed by atoms with Crippen molar-refractivity contribution in [2.45, 2.75) is 39.0 Å². The summed E-state index contributed by atoms with van der Waals surface area (Å²) in [5, 5.41) is 0. The smallest absolute Gasteiger partial charge is 0.227 e. The van der Waals surface area contributed by atoms with Gasteiger partial charge >= 0.3 is 0 Å². The summed E-state index contributed by atoms with van der Waals surface area (Å²) in [5.74, 6) is 0.187. The first-order valence-electron chi connectivity index (χ1n) is 11.3. The molecule has 1 saturated heterocycles. The fourth-order valence-corrected chi connectivity index (χ4v) is 5.84. The Labute approximate surface area is 211 Å². The second-order valence-corrected chi connectivity index (χ2v) is 10.5. The first-order chi connectivity index (χ1) is 16.0. The molecule has 4 nitrogen and oxygen atoms in total. The van der Waals surface area contributed by atoms with Crippen LogP contribution in [0, 0.1) is 6.92 Å². The minimum absolute atomic E-state index is 0.187. The predicted octanol–water partition coefficient (Wildman–Crippen LogP) is 6.08. The summed E-state index contributed by atoms with van der Waals surface area (Å²) in [6, 6.07) is 10.5. The number of hydrogen-bond donors (Lipinski definition) is 0. The van der Waals surface area contributed by atoms with Crippen LogP contribution >= 0.6 is 31.9 Å². The van der Waals surface area contributed by atoms with E-state index in [1.54, 1.807) is 12.4 Å². The van der Waals surface area contributed by atoms with Crippen molar-refractivity contribution in [3.63, 3.8) is 0 Å². The minimum atomic E-state index is 0.187. The van der Waals surface area contributed by atoms with Crippen LogP contribution in [0.4, 0.5) is 0 Å². The largest absolute Gasteiger partial charge is 0.342 e. The topological polar surface area (TPSA) is 46.1 Å². The van der Waals surface area contributed by atoms with Crippen molar-refractivity contribution in [1.82, 2.24) is 14.9 Å². The Morgan fingerprint density at radius 3 is 2.55 bits per heavy atom. The molecule has 168 valence electrons. The second kappa shape index (κ2) is 9.51. The molecule has 0 radical (unpaired) electrons. The van der Waals surface area contributed by atoms with Crippen molar-refractivity contribution in [2.24, 2.45) is 0 Å². The Morgan fingerprint density at radius 2 is 1.79 bits per heavy atom. The van der Waals surface area contributed by atoms with Crippen LogP contribution in [-0.2, 0) is 24.1 Å². The number of pyridine rings is 2. The number of amides is 1. The highest BCUT2D eigenvalue weighted by Gasteiger charge is 2.27. The summed E-state index contributed by atoms with van der Waals surface area (Å²) in [7, 11) is 0. The third-order valence-corrected chi connectivity index (χ3v) is 8.24. The summed E-state index contributed by atoms with van der Waals surface area (Å²) in [4.78, 5) is 23.8. The van der Waals surface area contributed by atoms with Crippen molar-refractivity contribution >= 4 is 43.3 Å². The molecule has 0 bridgehead atoms. The van der Waals surface area contributed by atoms with Gasteiger partial charge in [0.05, 0.1) is 12.1 Å². The summed E-state index contributed by atoms with van der Waals surface area (Å²) in [5.41, 5.74) is 9.97. The second-order valence-electron chi connectivity index (χ2n) is 8.78. The van der Waals surface area contributed by atoms with Crippen molar-refractivity contribution in [2.75, 3.05) is 13.1 Å². The first kappa shape index (κ1) is 22.5. The molecule has 5 rings (SSSR count). The fourth-order valence-electron chi connectivity index (χ4n) is 4.92. The average molecular weight is 567 g/mol. The van der Waals surface area contributed by atoms with E-state index >= 15 is 0 Å². The maximum atomic E-state index is 12.9. The number of nitrogens with zero attached hydrogens (tertiary/aromatic N) is 3. The lowest BCUT2D eigenvalue weighted by Crippen LogP contribution is -2.37. The van der Waals surface area contributed by atoms with E-state index in [-0.39, 0.29) is 5.91 Å². The number of piperidine rings is 1. The zero-order valence-corrected chi connectivity index (χ0v) is 21.7. The van der Waals surface area contributed by atoms with Gasteiger partial charge in [-0.05, 0) is 94.6 Å². The lowest BCUT2D eigenvalue weighted by Gasteiger charge is -2.30. The van der Waals surface area contributed by atoms with Crippen LogP contribution in [0.25, 0.3) is 5.57 Å². The van der Waals surface area contributed by atoms with E-state index in [2.05, 4.69) is 62.0 Å². The van der Waals surface area contributed by atoms with Crippen LogP contribution < -0.4 is 0 Å². The van der Waals surface area contributed by atoms with Gasteiger partial charge in [-0.15, -0.1) is 0 Å². The minimum Gasteiger partial charge on any atom is -0.342 e. The molecule has 1 aromatic carbocycles. The van der Waals surface area contributed by atoms with Gasteiger partial charge in [0.2, 0.25) is 5.91 Å². The zero-order chi connectivity index (χ0) is 22.9. The van der Waals surface area contributed by atoms with Crippen molar-refractivity contribution in [3.8, 4) is 0 Å². The number of benzene rings is 1. The number of carbonyl (C=O) groups is 1. The third-order valence-electron chi connectivity index (χ3n) is 6.70. The Morgan fingerprint density at radius 1 is 1.03 bits per heavy atom. The number of aryl methyl sites for hydroxylation is 2. The van der Waals surface area contributed by atoms with Crippen molar-refractivity contribution < 1.29 is 4.79 Å². The third kappa shape index (κ3) is 4.56. The molecule has 3 aromatic rings. The van der Waals surface area contributed by atoms with Gasteiger partial charge < -0.3 is 4.90 Å². The van der Waals surface area contributed by atoms with Gasteiger partial charge in [-0.3, -0.25) is 14.8 Å². The van der Waals surface area contributed by atoms with Crippen LogP contribution in [0.1, 0.15) is 46.4 Å². The molecule has 1 fully saturated rings. The molecule has 2 aliphatic rings. The van der Waals surface area contributed by atoms with Gasteiger partial charge in [-0.2, -0.15) is 0 Å². The Kier molecular flexibility index (Phi) is 6.48. The van der Waals surface area contributed by atoms with E-state index in [9.17, 15) is 4.79 Å². The fraction of sp³-hybridized carbons (Fsp3) is 0.296. The van der Waals surface area contributed by atoms with E-state index in [0.29, 0.717) is 6.42 Å². The monoisotopic (exact) mass is 565 g/mol. The number of hydrogen-bond acceptors (Lipinski definition) is 3. The summed E-state index contributed by atoms with van der Waals surface area (Å²) >= 11 is 7.47. The molecule has 6 heteroatoms. The van der Waals surface area contributed by atoms with Crippen LogP contribution in [0.5, 0.6) is 0 Å². The number of fused-ring (bicyclic) bond motifs is 2. The molecule has 2 aromatic heterocycles. The van der Waals surface area contributed by atoms with E-state index in [1.807, 2.05) is 23.2 Å². The Hall–Kier alpha value is -2.31. The zero-order valence-electron chi connectivity index (χ0n) is 18.6. The maximum Gasteiger partial charge on any atom is 0.227 e. The van der Waals surface area contributed by atoms with Gasteiger partial charge in [-0.1, -0.05) is 33.6 Å². The molecule has 0 N–H and O–H groups in total. The quantitative estimate of drug-likeness (QED) is 0.378. The van der Waals surface area contributed by atoms with Crippen LogP contribution in [-0.4, -0.2) is 33.9 Å². The normalized spacial score (nSPS) is 15.7. The molecule has 33 heavy (non-hydrogen) atoms. The molecule has 0 unspecified atom stereocenters. The van der Waals surface area contributed by atoms with Crippen LogP contribution in [0.2, 0.25) is 0 Å². The summed E-state index contributed by atoms with van der Waals surface area (Å²) in [6.45, 7) is 3.64. The standard InChI is InChI=1S/C27H25Br2N3O/c1-17-2-4-22-23(26(17)29)5-3-20-15-21(28)16-31-27(20)25(22)19-8-12-32(13-9-19)24(33)14-18-6-10-30-11-7-18/h2,4,6-7,10-11,15-16H,3,5,8-9,12-14H2,1H3. The Bertz CT molecular complexity index is 1240. The van der Waals surface area contributed by atoms with Crippen molar-refractivity contribution in [1.29, 1.82) is 0 Å². The lowest BCUT2D eigenvalue weighted by molar-refractivity contribution is -0.130. The molecule has 1 amide bonds. The predicted molar refractivity (Wildman–Crippen MR) is 138 cm³/mol. The first-order valence-corrected chi connectivity index (χ1v) is 12.9. The number of carbonyl (C=O) groups excluding carboxylic acids is 1. The number of likely N-dealkylation sites (tertiary alicyclic amines) is 1. The van der Waals surface area contributed by atoms with Gasteiger partial charge in [0.25, 0.3) is 0 Å². The molecule has 0 saturated carbocycles. The van der Waals surface area contributed by atoms with E-state index in [0.717, 1.165) is 54.5 Å². The highest BCUT2D eigenvalue weighted by Crippen LogP contribution is 2.41. The molecule has 1 aliphatic carbocycles. The molecule has 1 aliphatic heterocycles. The summed E-state index contributed by atoms with van der Waals surface area (Å²) < 4.78 is 2.22. The van der Waals surface area contributed by atoms with Crippen LogP contribution in [0.15, 0.2) is 63.4 Å². The van der Waals surface area contributed by atoms with Crippen LogP contribution in [0.3, 0.4) is 0 Å². The van der Waals surface area contributed by atoms with Gasteiger partial charge in [0.1, 0.15) is 0 Å². The van der Waals surface area contributed by atoms with E-state index in [4.69, 9.17) is 4.98 Å². The number of halogens is 2. The maximum absolute atomic E-state index is 12.9. The molecule has 0 atom stereocenters. The molecular weight excluding hydrogens is 542 g/mol.